The average Bonchev–Trinajstić information content (AvgIpc) is 2.80. The number of amides is 1. The molecule has 0 fully saturated rings. The fourth-order valence-corrected chi connectivity index (χ4v) is 4.53. The summed E-state index contributed by atoms with van der Waals surface area (Å²) in [4.78, 5) is 43.9. The number of carboxylic acids is 1. The molecule has 0 saturated heterocycles. The molecule has 0 saturated carbocycles. The number of carbonyl (C=O) groups excluding carboxylic acids is 1. The smallest absolute Gasteiger partial charge is 0.323 e. The largest absolute Gasteiger partial charge is 0.480 e. The Labute approximate surface area is 160 Å². The predicted molar refractivity (Wildman–Crippen MR) is 102 cm³/mol. The summed E-state index contributed by atoms with van der Waals surface area (Å²) in [6, 6.07) is 0. The quantitative estimate of drug-likeness (QED) is 0.801. The van der Waals surface area contributed by atoms with Gasteiger partial charge in [-0.3, -0.25) is 19.0 Å². The summed E-state index contributed by atoms with van der Waals surface area (Å²) in [5, 5.41) is 9.57. The van der Waals surface area contributed by atoms with Crippen LogP contribution in [0.3, 0.4) is 0 Å². The first-order valence-corrected chi connectivity index (χ1v) is 9.78. The molecule has 3 heterocycles. The van der Waals surface area contributed by atoms with Crippen LogP contribution in [0.25, 0.3) is 10.2 Å². The van der Waals surface area contributed by atoms with Crippen LogP contribution in [0.5, 0.6) is 0 Å². The first kappa shape index (κ1) is 19.5. The summed E-state index contributed by atoms with van der Waals surface area (Å²) < 4.78 is 6.70. The molecule has 8 nitrogen and oxygen atoms in total. The van der Waals surface area contributed by atoms with Crippen LogP contribution in [0.15, 0.2) is 4.79 Å². The normalized spacial score (nSPS) is 14.0. The molecule has 2 aromatic rings. The van der Waals surface area contributed by atoms with Gasteiger partial charge in [0, 0.05) is 26.6 Å². The summed E-state index contributed by atoms with van der Waals surface area (Å²) in [7, 11) is 1.49. The third kappa shape index (κ3) is 3.89. The summed E-state index contributed by atoms with van der Waals surface area (Å²) in [5.41, 5.74) is 0.469. The topological polar surface area (TPSA) is 102 Å². The van der Waals surface area contributed by atoms with Gasteiger partial charge in [-0.05, 0) is 25.3 Å². The minimum Gasteiger partial charge on any atom is -0.480 e. The van der Waals surface area contributed by atoms with Gasteiger partial charge in [0.1, 0.15) is 17.2 Å². The van der Waals surface area contributed by atoms with E-state index in [0.717, 1.165) is 31.5 Å². The Hall–Kier alpha value is -2.26. The molecule has 3 rings (SSSR count). The molecule has 1 N–H and O–H groups in total. The van der Waals surface area contributed by atoms with Crippen molar-refractivity contribution in [2.75, 3.05) is 26.8 Å². The third-order valence-electron chi connectivity index (χ3n) is 4.78. The van der Waals surface area contributed by atoms with Crippen LogP contribution in [0.2, 0.25) is 0 Å². The zero-order chi connectivity index (χ0) is 19.6. The molecular formula is C18H23N3O5S. The van der Waals surface area contributed by atoms with E-state index in [1.54, 1.807) is 11.5 Å². The van der Waals surface area contributed by atoms with E-state index < -0.39 is 18.4 Å². The Bertz CT molecular complexity index is 933. The maximum absolute atomic E-state index is 13.0. The Morgan fingerprint density at radius 3 is 2.81 bits per heavy atom. The lowest BCUT2D eigenvalue weighted by molar-refractivity contribution is -0.137. The Balaban J connectivity index is 2.05. The molecule has 1 amide bonds. The second kappa shape index (κ2) is 8.18. The van der Waals surface area contributed by atoms with Crippen molar-refractivity contribution in [3.05, 3.63) is 26.6 Å². The molecular weight excluding hydrogens is 370 g/mol. The van der Waals surface area contributed by atoms with Crippen molar-refractivity contribution in [3.8, 4) is 0 Å². The second-order valence-corrected chi connectivity index (χ2v) is 7.64. The number of rotatable bonds is 6. The van der Waals surface area contributed by atoms with E-state index in [4.69, 9.17) is 9.84 Å². The molecule has 27 heavy (non-hydrogen) atoms. The number of carbonyl (C=O) groups is 2. The average molecular weight is 393 g/mol. The van der Waals surface area contributed by atoms with Crippen molar-refractivity contribution in [2.24, 2.45) is 0 Å². The van der Waals surface area contributed by atoms with Gasteiger partial charge in [0.05, 0.1) is 16.9 Å². The Kier molecular flexibility index (Phi) is 5.91. The van der Waals surface area contributed by atoms with Crippen molar-refractivity contribution in [1.82, 2.24) is 14.5 Å². The molecule has 9 heteroatoms. The monoisotopic (exact) mass is 393 g/mol. The third-order valence-corrected chi connectivity index (χ3v) is 5.96. The molecule has 1 aliphatic rings. The molecule has 0 unspecified atom stereocenters. The molecule has 0 spiro atoms. The fourth-order valence-electron chi connectivity index (χ4n) is 3.37. The number of aryl methyl sites for hydroxylation is 2. The van der Waals surface area contributed by atoms with E-state index in [0.29, 0.717) is 27.2 Å². The first-order valence-electron chi connectivity index (χ1n) is 8.96. The van der Waals surface area contributed by atoms with E-state index in [1.165, 1.54) is 23.3 Å². The van der Waals surface area contributed by atoms with Crippen molar-refractivity contribution >= 4 is 33.4 Å². The van der Waals surface area contributed by atoms with Crippen molar-refractivity contribution in [1.29, 1.82) is 0 Å². The highest BCUT2D eigenvalue weighted by Crippen LogP contribution is 2.29. The molecule has 0 bridgehead atoms. The highest BCUT2D eigenvalue weighted by Gasteiger charge is 2.26. The molecule has 1 aliphatic heterocycles. The number of hydrogen-bond acceptors (Lipinski definition) is 6. The zero-order valence-electron chi connectivity index (χ0n) is 15.5. The summed E-state index contributed by atoms with van der Waals surface area (Å²) >= 11 is 1.17. The van der Waals surface area contributed by atoms with Crippen LogP contribution in [0.1, 0.15) is 40.3 Å². The maximum atomic E-state index is 13.0. The lowest BCUT2D eigenvalue weighted by Gasteiger charge is -2.19. The van der Waals surface area contributed by atoms with Gasteiger partial charge >= 0.3 is 5.97 Å². The highest BCUT2D eigenvalue weighted by atomic mass is 32.1. The molecule has 0 radical (unpaired) electrons. The summed E-state index contributed by atoms with van der Waals surface area (Å²) in [6.45, 7) is 2.36. The van der Waals surface area contributed by atoms with Gasteiger partial charge in [0.25, 0.3) is 11.5 Å². The predicted octanol–water partition coefficient (Wildman–Crippen LogP) is 1.67. The first-order chi connectivity index (χ1) is 12.9. The zero-order valence-corrected chi connectivity index (χ0v) is 16.3. The van der Waals surface area contributed by atoms with Gasteiger partial charge in [-0.1, -0.05) is 6.42 Å². The van der Waals surface area contributed by atoms with E-state index in [9.17, 15) is 14.4 Å². The van der Waals surface area contributed by atoms with Crippen molar-refractivity contribution in [2.45, 2.75) is 39.2 Å². The Morgan fingerprint density at radius 2 is 2.11 bits per heavy atom. The standard InChI is InChI=1S/C18H23N3O5S/c1-11-14-16(19-12-6-4-3-5-7-21(12)17(14)24)27-15(11)18(25)20(8-9-26-2)10-13(22)23/h3-10H2,1-2H3,(H,22,23). The maximum Gasteiger partial charge on any atom is 0.323 e. The number of aliphatic carboxylic acids is 1. The van der Waals surface area contributed by atoms with Gasteiger partial charge in [-0.2, -0.15) is 0 Å². The van der Waals surface area contributed by atoms with Crippen LogP contribution >= 0.6 is 11.3 Å². The lowest BCUT2D eigenvalue weighted by atomic mass is 10.2. The van der Waals surface area contributed by atoms with Gasteiger partial charge in [0.2, 0.25) is 0 Å². The number of fused-ring (bicyclic) bond motifs is 2. The Morgan fingerprint density at radius 1 is 1.33 bits per heavy atom. The molecule has 2 aromatic heterocycles. The second-order valence-electron chi connectivity index (χ2n) is 6.65. The number of carboxylic acid groups (broad SMARTS) is 1. The van der Waals surface area contributed by atoms with Crippen LogP contribution in [0.4, 0.5) is 0 Å². The lowest BCUT2D eigenvalue weighted by Crippen LogP contribution is -2.37. The number of nitrogens with zero attached hydrogens (tertiary/aromatic N) is 3. The van der Waals surface area contributed by atoms with Crippen molar-refractivity contribution < 1.29 is 19.4 Å². The van der Waals surface area contributed by atoms with Gasteiger partial charge in [-0.25, -0.2) is 4.98 Å². The van der Waals surface area contributed by atoms with E-state index in [2.05, 4.69) is 4.98 Å². The number of methoxy groups -OCH3 is 1. The van der Waals surface area contributed by atoms with Crippen LogP contribution in [-0.4, -0.2) is 58.2 Å². The van der Waals surface area contributed by atoms with Crippen LogP contribution < -0.4 is 5.56 Å². The number of ether oxygens (including phenoxy) is 1. The van der Waals surface area contributed by atoms with Gasteiger partial charge in [0.15, 0.2) is 0 Å². The van der Waals surface area contributed by atoms with E-state index >= 15 is 0 Å². The summed E-state index contributed by atoms with van der Waals surface area (Å²) in [6.07, 6.45) is 3.77. The van der Waals surface area contributed by atoms with Crippen molar-refractivity contribution in [3.63, 3.8) is 0 Å². The highest BCUT2D eigenvalue weighted by molar-refractivity contribution is 7.20. The minimum atomic E-state index is -1.09. The van der Waals surface area contributed by atoms with E-state index in [-0.39, 0.29) is 18.7 Å². The summed E-state index contributed by atoms with van der Waals surface area (Å²) in [5.74, 6) is -0.732. The van der Waals surface area contributed by atoms with Gasteiger partial charge < -0.3 is 14.7 Å². The molecule has 0 aliphatic carbocycles. The number of aromatic nitrogens is 2. The fraction of sp³-hybridized carbons (Fsp3) is 0.556. The van der Waals surface area contributed by atoms with Crippen LogP contribution in [0, 0.1) is 6.92 Å². The number of thiophene rings is 1. The minimum absolute atomic E-state index is 0.105. The van der Waals surface area contributed by atoms with E-state index in [1.807, 2.05) is 0 Å². The molecule has 146 valence electrons. The van der Waals surface area contributed by atoms with Gasteiger partial charge in [-0.15, -0.1) is 11.3 Å². The number of hydrogen-bond donors (Lipinski definition) is 1. The SMILES string of the molecule is COCCN(CC(=O)O)C(=O)c1sc2nc3n(c(=O)c2c1C)CCCCC3. The van der Waals surface area contributed by atoms with Crippen LogP contribution in [-0.2, 0) is 22.5 Å². The molecule has 0 atom stereocenters. The molecule has 0 aromatic carbocycles.